The third-order valence-corrected chi connectivity index (χ3v) is 1.47. The van der Waals surface area contributed by atoms with Crippen molar-refractivity contribution in [3.05, 3.63) is 25.3 Å². The molecule has 1 rings (SSSR count). The van der Waals surface area contributed by atoms with Crippen LogP contribution >= 0.6 is 0 Å². The molecule has 1 atom stereocenters. The lowest BCUT2D eigenvalue weighted by molar-refractivity contribution is -0.706. The van der Waals surface area contributed by atoms with Gasteiger partial charge in [0.05, 0.1) is 19.4 Å². The molecule has 0 aliphatic heterocycles. The lowest BCUT2D eigenvalue weighted by Gasteiger charge is -2.06. The van der Waals surface area contributed by atoms with Crippen LogP contribution in [0.5, 0.6) is 0 Å². The van der Waals surface area contributed by atoms with Crippen molar-refractivity contribution in [2.24, 2.45) is 0 Å². The van der Waals surface area contributed by atoms with Crippen LogP contribution in [0.25, 0.3) is 6.20 Å². The molecule has 0 aliphatic carbocycles. The summed E-state index contributed by atoms with van der Waals surface area (Å²) in [6.45, 7) is 3.67. The molecule has 2 N–H and O–H groups in total. The third kappa shape index (κ3) is 2.18. The average molecular weight is 168 g/mol. The van der Waals surface area contributed by atoms with E-state index in [1.54, 1.807) is 27.9 Å². The summed E-state index contributed by atoms with van der Waals surface area (Å²) in [5, 5.41) is 17.6. The highest BCUT2D eigenvalue weighted by molar-refractivity contribution is 5.12. The molecule has 0 aromatic carbocycles. The summed E-state index contributed by atoms with van der Waals surface area (Å²) in [4.78, 5) is 0. The minimum absolute atomic E-state index is 0.236. The van der Waals surface area contributed by atoms with Gasteiger partial charge in [0, 0.05) is 6.20 Å². The van der Waals surface area contributed by atoms with Crippen molar-refractivity contribution < 1.29 is 14.8 Å². The van der Waals surface area contributed by atoms with Gasteiger partial charge in [0.2, 0.25) is 0 Å². The Morgan fingerprint density at radius 3 is 3.00 bits per heavy atom. The minimum Gasteiger partial charge on any atom is -0.397 e. The van der Waals surface area contributed by atoms with E-state index in [4.69, 9.17) is 10.2 Å². The number of rotatable bonds is 4. The molecule has 0 saturated carbocycles. The van der Waals surface area contributed by atoms with Crippen LogP contribution in [0.15, 0.2) is 19.1 Å². The summed E-state index contributed by atoms with van der Waals surface area (Å²) in [5.74, 6) is 0. The Kier molecular flexibility index (Phi) is 3.01. The molecular weight excluding hydrogens is 156 g/mol. The lowest BCUT2D eigenvalue weighted by Crippen LogP contribution is -2.39. The Morgan fingerprint density at radius 2 is 2.50 bits per heavy atom. The maximum absolute atomic E-state index is 9.07. The molecule has 1 aromatic rings. The van der Waals surface area contributed by atoms with E-state index in [2.05, 4.69) is 12.8 Å². The van der Waals surface area contributed by atoms with E-state index < -0.39 is 6.10 Å². The molecule has 1 aromatic heterocycles. The van der Waals surface area contributed by atoms with Crippen molar-refractivity contribution in [1.82, 2.24) is 4.57 Å². The molecule has 4 nitrogen and oxygen atoms in total. The number of aliphatic hydroxyl groups excluding tert-OH is 2. The molecular formula is C8H12N2O2. The summed E-state index contributed by atoms with van der Waals surface area (Å²) in [5.41, 5.74) is 0. The topological polar surface area (TPSA) is 49.3 Å². The average Bonchev–Trinajstić information content (AvgIpc) is 2.52. The summed E-state index contributed by atoms with van der Waals surface area (Å²) >= 11 is 0. The molecule has 0 spiro atoms. The molecule has 0 bridgehead atoms. The van der Waals surface area contributed by atoms with Crippen LogP contribution in [0.4, 0.5) is 0 Å². The highest BCUT2D eigenvalue weighted by Crippen LogP contribution is 1.85. The van der Waals surface area contributed by atoms with Crippen molar-refractivity contribution in [2.75, 3.05) is 6.61 Å². The van der Waals surface area contributed by atoms with E-state index in [0.29, 0.717) is 6.54 Å². The van der Waals surface area contributed by atoms with Crippen LogP contribution in [0, 0.1) is 6.20 Å². The van der Waals surface area contributed by atoms with E-state index in [1.807, 2.05) is 0 Å². The van der Waals surface area contributed by atoms with Gasteiger partial charge in [-0.3, -0.25) is 0 Å². The van der Waals surface area contributed by atoms with Crippen molar-refractivity contribution in [3.63, 3.8) is 0 Å². The number of hydrogen-bond acceptors (Lipinski definition) is 2. The second-order valence-electron chi connectivity index (χ2n) is 2.49. The van der Waals surface area contributed by atoms with Gasteiger partial charge in [0.15, 0.2) is 0 Å². The van der Waals surface area contributed by atoms with Gasteiger partial charge < -0.3 is 19.3 Å². The molecule has 4 heteroatoms. The maximum atomic E-state index is 9.07. The van der Waals surface area contributed by atoms with Crippen LogP contribution < -0.4 is 4.57 Å². The fourth-order valence-corrected chi connectivity index (χ4v) is 0.853. The molecule has 66 valence electrons. The number of aromatic nitrogens is 2. The quantitative estimate of drug-likeness (QED) is 0.449. The molecule has 0 fully saturated rings. The van der Waals surface area contributed by atoms with Gasteiger partial charge in [-0.15, -0.1) is 0 Å². The monoisotopic (exact) mass is 168 g/mol. The van der Waals surface area contributed by atoms with Gasteiger partial charge in [0.1, 0.15) is 12.4 Å². The van der Waals surface area contributed by atoms with Gasteiger partial charge in [-0.1, -0.05) is 6.58 Å². The van der Waals surface area contributed by atoms with E-state index in [9.17, 15) is 0 Å². The largest absolute Gasteiger partial charge is 0.397 e. The number of imidazole rings is 1. The Labute approximate surface area is 71.0 Å². The summed E-state index contributed by atoms with van der Waals surface area (Å²) < 4.78 is 3.37. The van der Waals surface area contributed by atoms with E-state index >= 15 is 0 Å². The van der Waals surface area contributed by atoms with Gasteiger partial charge in [-0.25, -0.2) is 0 Å². The van der Waals surface area contributed by atoms with Crippen molar-refractivity contribution in [1.29, 1.82) is 0 Å². The predicted octanol–water partition coefficient (Wildman–Crippen LogP) is -0.971. The molecule has 0 radical (unpaired) electrons. The van der Waals surface area contributed by atoms with Crippen LogP contribution in [-0.2, 0) is 6.54 Å². The molecule has 1 unspecified atom stereocenters. The second-order valence-corrected chi connectivity index (χ2v) is 2.49. The number of nitrogens with zero attached hydrogens (tertiary/aromatic N) is 2. The molecule has 0 saturated heterocycles. The van der Waals surface area contributed by atoms with Gasteiger partial charge >= 0.3 is 0 Å². The van der Waals surface area contributed by atoms with E-state index in [-0.39, 0.29) is 6.61 Å². The standard InChI is InChI=1S/C8H12N2O2/c1-2-9-3-4-10(7-9)5-8(12)6-11/h2-3,7-8,11-12H,1,5-6H2. The molecule has 0 aliphatic rings. The van der Waals surface area contributed by atoms with Crippen molar-refractivity contribution >= 4 is 6.20 Å². The van der Waals surface area contributed by atoms with Crippen LogP contribution in [-0.4, -0.2) is 27.5 Å². The molecule has 12 heavy (non-hydrogen) atoms. The van der Waals surface area contributed by atoms with Gasteiger partial charge in [0.25, 0.3) is 0 Å². The first-order chi connectivity index (χ1) is 5.76. The SMILES string of the molecule is C=Cn1c[c-][n+](CC(O)CO)c1. The second kappa shape index (κ2) is 4.04. The number of aliphatic hydroxyl groups is 2. The Morgan fingerprint density at radius 1 is 1.75 bits per heavy atom. The summed E-state index contributed by atoms with van der Waals surface area (Å²) in [6.07, 6.45) is 7.17. The van der Waals surface area contributed by atoms with Crippen LogP contribution in [0.1, 0.15) is 0 Å². The zero-order chi connectivity index (χ0) is 8.97. The van der Waals surface area contributed by atoms with Crippen LogP contribution in [0.2, 0.25) is 0 Å². The fourth-order valence-electron chi connectivity index (χ4n) is 0.853. The first-order valence-electron chi connectivity index (χ1n) is 3.66. The predicted molar refractivity (Wildman–Crippen MR) is 42.9 cm³/mol. The van der Waals surface area contributed by atoms with E-state index in [1.165, 1.54) is 0 Å². The fraction of sp³-hybridized carbons (Fsp3) is 0.375. The zero-order valence-corrected chi connectivity index (χ0v) is 6.72. The first kappa shape index (κ1) is 8.96. The lowest BCUT2D eigenvalue weighted by atomic mass is 10.4. The molecule has 1 heterocycles. The zero-order valence-electron chi connectivity index (χ0n) is 6.72. The van der Waals surface area contributed by atoms with Crippen molar-refractivity contribution in [3.8, 4) is 0 Å². The number of hydrogen-bond donors (Lipinski definition) is 2. The first-order valence-corrected chi connectivity index (χ1v) is 3.66. The Balaban J connectivity index is 2.57. The van der Waals surface area contributed by atoms with E-state index in [0.717, 1.165) is 0 Å². The van der Waals surface area contributed by atoms with Gasteiger partial charge in [-0.05, 0) is 6.20 Å². The highest BCUT2D eigenvalue weighted by Gasteiger charge is 2.02. The highest BCUT2D eigenvalue weighted by atomic mass is 16.3. The Hall–Kier alpha value is -1.13. The van der Waals surface area contributed by atoms with Crippen molar-refractivity contribution in [2.45, 2.75) is 12.6 Å². The minimum atomic E-state index is -0.730. The normalized spacial score (nSPS) is 12.8. The maximum Gasteiger partial charge on any atom is 0.112 e. The Bertz CT molecular complexity index is 257. The smallest absolute Gasteiger partial charge is 0.112 e. The van der Waals surface area contributed by atoms with Crippen LogP contribution in [0.3, 0.4) is 0 Å². The third-order valence-electron chi connectivity index (χ3n) is 1.47. The summed E-state index contributed by atoms with van der Waals surface area (Å²) in [7, 11) is 0. The summed E-state index contributed by atoms with van der Waals surface area (Å²) in [6, 6.07) is 0. The van der Waals surface area contributed by atoms with Gasteiger partial charge in [-0.2, -0.15) is 0 Å². The molecule has 0 amide bonds.